The van der Waals surface area contributed by atoms with Gasteiger partial charge in [0.2, 0.25) is 0 Å². The highest BCUT2D eigenvalue weighted by atomic mass is 16.7. The summed E-state index contributed by atoms with van der Waals surface area (Å²) in [5.74, 6) is -1.66. The fourth-order valence-electron chi connectivity index (χ4n) is 6.60. The van der Waals surface area contributed by atoms with Crippen LogP contribution in [0, 0.1) is 35.5 Å². The van der Waals surface area contributed by atoms with Crippen LogP contribution in [0.15, 0.2) is 0 Å². The number of hydrogen-bond acceptors (Lipinski definition) is 10. The van der Waals surface area contributed by atoms with Crippen molar-refractivity contribution < 1.29 is 49.6 Å². The zero-order valence-electron chi connectivity index (χ0n) is 17.8. The van der Waals surface area contributed by atoms with Gasteiger partial charge in [-0.3, -0.25) is 4.79 Å². The van der Waals surface area contributed by atoms with Gasteiger partial charge in [0.05, 0.1) is 19.1 Å². The maximum Gasteiger partial charge on any atom is 0.310 e. The molecule has 0 aromatic carbocycles. The molecule has 0 amide bonds. The van der Waals surface area contributed by atoms with Crippen molar-refractivity contribution in [3.05, 3.63) is 0 Å². The van der Waals surface area contributed by atoms with E-state index in [1.165, 1.54) is 0 Å². The summed E-state index contributed by atoms with van der Waals surface area (Å²) in [6, 6.07) is 0. The molecule has 10 heteroatoms. The largest absolute Gasteiger partial charge is 0.459 e. The number of ether oxygens (including phenoxy) is 3. The summed E-state index contributed by atoms with van der Waals surface area (Å²) in [5, 5.41) is 60.6. The molecule has 2 aliphatic carbocycles. The molecule has 4 rings (SSSR count). The Labute approximate surface area is 180 Å². The second-order valence-electron chi connectivity index (χ2n) is 9.90. The van der Waals surface area contributed by atoms with E-state index in [1.54, 1.807) is 6.92 Å². The lowest BCUT2D eigenvalue weighted by Crippen LogP contribution is -2.60. The molecule has 0 radical (unpaired) electrons. The Bertz CT molecular complexity index is 669. The second-order valence-corrected chi connectivity index (χ2v) is 9.90. The van der Waals surface area contributed by atoms with Crippen LogP contribution in [0.1, 0.15) is 26.7 Å². The maximum atomic E-state index is 12.6. The molecule has 2 saturated carbocycles. The van der Waals surface area contributed by atoms with Crippen LogP contribution in [-0.2, 0) is 19.0 Å². The third-order valence-electron chi connectivity index (χ3n) is 8.10. The molecule has 4 aliphatic rings. The number of esters is 1. The Morgan fingerprint density at radius 2 is 1.87 bits per heavy atom. The molecule has 10 nitrogen and oxygen atoms in total. The van der Waals surface area contributed by atoms with Gasteiger partial charge in [-0.25, -0.2) is 0 Å². The first-order valence-corrected chi connectivity index (χ1v) is 11.1. The minimum atomic E-state index is -1.52. The Kier molecular flexibility index (Phi) is 6.39. The smallest absolute Gasteiger partial charge is 0.310 e. The molecule has 0 aromatic rings. The lowest BCUT2D eigenvalue weighted by Gasteiger charge is -2.49. The molecule has 4 fully saturated rings. The topological polar surface area (TPSA) is 166 Å². The van der Waals surface area contributed by atoms with E-state index in [2.05, 4.69) is 0 Å². The maximum absolute atomic E-state index is 12.6. The van der Waals surface area contributed by atoms with Gasteiger partial charge in [-0.2, -0.15) is 0 Å². The minimum absolute atomic E-state index is 0.0918. The number of carbonyl (C=O) groups is 1. The van der Waals surface area contributed by atoms with Crippen LogP contribution in [0.2, 0.25) is 0 Å². The third-order valence-corrected chi connectivity index (χ3v) is 8.10. The van der Waals surface area contributed by atoms with Crippen LogP contribution < -0.4 is 0 Å². The molecule has 0 aromatic heterocycles. The quantitative estimate of drug-likeness (QED) is 0.251. The van der Waals surface area contributed by atoms with Crippen molar-refractivity contribution in [2.24, 2.45) is 35.5 Å². The second kappa shape index (κ2) is 8.49. The van der Waals surface area contributed by atoms with E-state index in [-0.39, 0.29) is 54.7 Å². The molecule has 7 unspecified atom stereocenters. The number of carbonyl (C=O) groups excluding carboxylic acids is 1. The number of aliphatic hydroxyl groups excluding tert-OH is 5. The molecular weight excluding hydrogens is 412 g/mol. The molecular formula is C21H34O10. The van der Waals surface area contributed by atoms with Crippen LogP contribution in [0.25, 0.3) is 0 Å². The summed E-state index contributed by atoms with van der Waals surface area (Å²) >= 11 is 0. The average Bonchev–Trinajstić information content (AvgIpc) is 3.30. The Balaban J connectivity index is 1.49. The van der Waals surface area contributed by atoms with Crippen molar-refractivity contribution in [2.75, 3.05) is 19.8 Å². The first-order chi connectivity index (χ1) is 14.6. The van der Waals surface area contributed by atoms with Gasteiger partial charge in [0.1, 0.15) is 36.1 Å². The highest BCUT2D eigenvalue weighted by Gasteiger charge is 2.68. The van der Waals surface area contributed by atoms with E-state index in [1.807, 2.05) is 6.92 Å². The van der Waals surface area contributed by atoms with Crippen molar-refractivity contribution in [3.8, 4) is 0 Å². The fraction of sp³-hybridized carbons (Fsp3) is 0.952. The van der Waals surface area contributed by atoms with Crippen LogP contribution >= 0.6 is 0 Å². The van der Waals surface area contributed by atoms with Gasteiger partial charge in [-0.1, -0.05) is 6.92 Å². The van der Waals surface area contributed by atoms with Crippen molar-refractivity contribution in [1.82, 2.24) is 0 Å². The summed E-state index contributed by atoms with van der Waals surface area (Å²) in [7, 11) is 0. The predicted molar refractivity (Wildman–Crippen MR) is 103 cm³/mol. The zero-order chi connectivity index (χ0) is 22.7. The molecule has 2 saturated heterocycles. The van der Waals surface area contributed by atoms with Crippen molar-refractivity contribution >= 4 is 5.97 Å². The summed E-state index contributed by atoms with van der Waals surface area (Å²) in [6.07, 6.45) is -6.07. The third kappa shape index (κ3) is 3.61. The first kappa shape index (κ1) is 23.3. The molecule has 13 atom stereocenters. The molecule has 2 aliphatic heterocycles. The normalized spacial score (nSPS) is 52.6. The Morgan fingerprint density at radius 1 is 1.16 bits per heavy atom. The van der Waals surface area contributed by atoms with E-state index < -0.39 is 49.0 Å². The highest BCUT2D eigenvalue weighted by Crippen LogP contribution is 2.60. The number of aliphatic hydroxyl groups is 6. The molecule has 31 heavy (non-hydrogen) atoms. The fourth-order valence-corrected chi connectivity index (χ4v) is 6.60. The SMILES string of the molecule is C[C@H](CO)C1C2C(=O)OC1C(C)(O)C1C(CO[C@@H]3O[C@H](CO)[C@@H](O)[C@H](O)[C@H]3O)CCC21. The monoisotopic (exact) mass is 446 g/mol. The van der Waals surface area contributed by atoms with Gasteiger partial charge in [0.15, 0.2) is 6.29 Å². The van der Waals surface area contributed by atoms with Crippen molar-refractivity contribution in [2.45, 2.75) is 69.1 Å². The van der Waals surface area contributed by atoms with Gasteiger partial charge >= 0.3 is 5.97 Å². The predicted octanol–water partition coefficient (Wildman–Crippen LogP) is -2.00. The minimum Gasteiger partial charge on any atom is -0.459 e. The number of rotatable bonds is 6. The molecule has 0 spiro atoms. The zero-order valence-corrected chi connectivity index (χ0v) is 17.8. The van der Waals surface area contributed by atoms with E-state index >= 15 is 0 Å². The van der Waals surface area contributed by atoms with E-state index in [4.69, 9.17) is 14.2 Å². The number of hydrogen-bond donors (Lipinski definition) is 6. The van der Waals surface area contributed by atoms with Gasteiger partial charge in [0.25, 0.3) is 0 Å². The molecule has 178 valence electrons. The van der Waals surface area contributed by atoms with Crippen LogP contribution in [0.4, 0.5) is 0 Å². The molecule has 6 N–H and O–H groups in total. The van der Waals surface area contributed by atoms with E-state index in [0.717, 1.165) is 0 Å². The summed E-state index contributed by atoms with van der Waals surface area (Å²) < 4.78 is 16.8. The van der Waals surface area contributed by atoms with Gasteiger partial charge in [0, 0.05) is 12.5 Å². The van der Waals surface area contributed by atoms with Crippen LogP contribution in [0.5, 0.6) is 0 Å². The first-order valence-electron chi connectivity index (χ1n) is 11.1. The number of fused-ring (bicyclic) bond motifs is 4. The lowest BCUT2D eigenvalue weighted by molar-refractivity contribution is -0.305. The van der Waals surface area contributed by atoms with E-state index in [9.17, 15) is 35.4 Å². The Hall–Kier alpha value is -0.850. The van der Waals surface area contributed by atoms with E-state index in [0.29, 0.717) is 12.8 Å². The van der Waals surface area contributed by atoms with Crippen molar-refractivity contribution in [1.29, 1.82) is 0 Å². The molecule has 2 bridgehead atoms. The average molecular weight is 446 g/mol. The van der Waals surface area contributed by atoms with Gasteiger partial charge in [-0.05, 0) is 43.4 Å². The standard InChI is InChI=1S/C21H34O10/c1-8(5-22)12-13-10-4-3-9(14(10)21(2,28)18(12)31-19(13)27)7-29-20-17(26)16(25)15(24)11(6-23)30-20/h8-18,20,22-26,28H,3-7H2,1-2H3/t8-,9?,10?,11-,12?,13?,14?,15-,16+,17-,18?,20-,21?/m1/s1. The van der Waals surface area contributed by atoms with Crippen LogP contribution in [-0.4, -0.2) is 98.8 Å². The molecule has 2 heterocycles. The van der Waals surface area contributed by atoms with Crippen LogP contribution in [0.3, 0.4) is 0 Å². The van der Waals surface area contributed by atoms with Gasteiger partial charge < -0.3 is 44.8 Å². The summed E-state index contributed by atoms with van der Waals surface area (Å²) in [4.78, 5) is 12.6. The summed E-state index contributed by atoms with van der Waals surface area (Å²) in [6.45, 7) is 3.01. The van der Waals surface area contributed by atoms with Gasteiger partial charge in [-0.15, -0.1) is 0 Å². The lowest BCUT2D eigenvalue weighted by atomic mass is 9.57. The van der Waals surface area contributed by atoms with Crippen molar-refractivity contribution in [3.63, 3.8) is 0 Å². The Morgan fingerprint density at radius 3 is 2.52 bits per heavy atom. The highest BCUT2D eigenvalue weighted by molar-refractivity contribution is 5.77. The summed E-state index contributed by atoms with van der Waals surface area (Å²) in [5.41, 5.74) is -1.30.